The number of aliphatic hydroxyl groups excluding tert-OH is 1. The van der Waals surface area contributed by atoms with E-state index in [1.807, 2.05) is 6.07 Å². The zero-order valence-corrected chi connectivity index (χ0v) is 10.2. The minimum absolute atomic E-state index is 0.124. The highest BCUT2D eigenvalue weighted by molar-refractivity contribution is 5.54. The van der Waals surface area contributed by atoms with Crippen molar-refractivity contribution in [3.05, 3.63) is 18.5 Å². The molecule has 16 heavy (non-hydrogen) atoms. The van der Waals surface area contributed by atoms with E-state index in [0.717, 1.165) is 17.9 Å². The van der Waals surface area contributed by atoms with Crippen molar-refractivity contribution >= 4 is 11.4 Å². The Labute approximate surface area is 97.1 Å². The number of anilines is 2. The first kappa shape index (κ1) is 12.8. The molecule has 1 aromatic heterocycles. The van der Waals surface area contributed by atoms with E-state index in [2.05, 4.69) is 36.4 Å². The zero-order valence-electron chi connectivity index (χ0n) is 10.2. The van der Waals surface area contributed by atoms with Gasteiger partial charge >= 0.3 is 0 Å². The number of nitrogens with zero attached hydrogens (tertiary/aromatic N) is 1. The highest BCUT2D eigenvalue weighted by Gasteiger charge is 2.16. The molecule has 0 spiro atoms. The van der Waals surface area contributed by atoms with Gasteiger partial charge in [-0.2, -0.15) is 0 Å². The van der Waals surface area contributed by atoms with Gasteiger partial charge < -0.3 is 15.7 Å². The molecule has 0 saturated carbocycles. The van der Waals surface area contributed by atoms with Crippen molar-refractivity contribution in [3.63, 3.8) is 0 Å². The fourth-order valence-electron chi connectivity index (χ4n) is 1.54. The molecule has 0 aliphatic heterocycles. The number of rotatable bonds is 6. The van der Waals surface area contributed by atoms with Crippen molar-refractivity contribution < 1.29 is 5.11 Å². The maximum atomic E-state index is 8.95. The summed E-state index contributed by atoms with van der Waals surface area (Å²) in [6.07, 6.45) is 4.30. The lowest BCUT2D eigenvalue weighted by Crippen LogP contribution is -2.31. The molecule has 1 heterocycles. The molecular weight excluding hydrogens is 202 g/mol. The lowest BCUT2D eigenvalue weighted by molar-refractivity contribution is 0.261. The number of hydrogen-bond acceptors (Lipinski definition) is 4. The first-order valence-corrected chi connectivity index (χ1v) is 5.65. The third kappa shape index (κ3) is 4.06. The van der Waals surface area contributed by atoms with Crippen LogP contribution in [0.5, 0.6) is 0 Å². The van der Waals surface area contributed by atoms with Gasteiger partial charge in [0.2, 0.25) is 0 Å². The Balaban J connectivity index is 2.69. The summed E-state index contributed by atoms with van der Waals surface area (Å²) >= 11 is 0. The molecular formula is C12H21N3O. The van der Waals surface area contributed by atoms with E-state index >= 15 is 0 Å². The molecule has 0 atom stereocenters. The Morgan fingerprint density at radius 3 is 2.62 bits per heavy atom. The SMILES string of the molecule is CCNc1cncc(NC(C)(C)CCO)c1. The van der Waals surface area contributed by atoms with Crippen LogP contribution < -0.4 is 10.6 Å². The summed E-state index contributed by atoms with van der Waals surface area (Å²) in [4.78, 5) is 4.16. The molecule has 0 fully saturated rings. The molecule has 0 aromatic carbocycles. The second-order valence-corrected chi connectivity index (χ2v) is 4.48. The molecule has 0 unspecified atom stereocenters. The van der Waals surface area contributed by atoms with E-state index < -0.39 is 0 Å². The molecule has 0 radical (unpaired) electrons. The second-order valence-electron chi connectivity index (χ2n) is 4.48. The number of pyridine rings is 1. The number of aliphatic hydroxyl groups is 1. The summed E-state index contributed by atoms with van der Waals surface area (Å²) in [7, 11) is 0. The standard InChI is InChI=1S/C12H21N3O/c1-4-14-10-7-11(9-13-8-10)15-12(2,3)5-6-16/h7-9,14-16H,4-6H2,1-3H3. The number of aromatic nitrogens is 1. The van der Waals surface area contributed by atoms with Crippen LogP contribution in [-0.4, -0.2) is 28.8 Å². The molecule has 1 aromatic rings. The molecule has 4 heteroatoms. The summed E-state index contributed by atoms with van der Waals surface area (Å²) in [5, 5.41) is 15.5. The summed E-state index contributed by atoms with van der Waals surface area (Å²) in [6, 6.07) is 2.02. The van der Waals surface area contributed by atoms with Gasteiger partial charge in [-0.05, 0) is 33.3 Å². The molecule has 3 N–H and O–H groups in total. The summed E-state index contributed by atoms with van der Waals surface area (Å²) in [5.74, 6) is 0. The van der Waals surface area contributed by atoms with E-state index in [-0.39, 0.29) is 12.1 Å². The molecule has 4 nitrogen and oxygen atoms in total. The summed E-state index contributed by atoms with van der Waals surface area (Å²) < 4.78 is 0. The van der Waals surface area contributed by atoms with E-state index in [1.165, 1.54) is 0 Å². The third-order valence-corrected chi connectivity index (χ3v) is 2.34. The van der Waals surface area contributed by atoms with Crippen molar-refractivity contribution in [3.8, 4) is 0 Å². The average Bonchev–Trinajstić information content (AvgIpc) is 2.17. The molecule has 0 amide bonds. The summed E-state index contributed by atoms with van der Waals surface area (Å²) in [5.41, 5.74) is 1.85. The lowest BCUT2D eigenvalue weighted by Gasteiger charge is -2.26. The van der Waals surface area contributed by atoms with Gasteiger partial charge in [0.1, 0.15) is 0 Å². The Morgan fingerprint density at radius 1 is 1.31 bits per heavy atom. The smallest absolute Gasteiger partial charge is 0.0551 e. The van der Waals surface area contributed by atoms with Crippen molar-refractivity contribution in [2.24, 2.45) is 0 Å². The second kappa shape index (κ2) is 5.70. The fraction of sp³-hybridized carbons (Fsp3) is 0.583. The van der Waals surface area contributed by atoms with Crippen LogP contribution in [0.3, 0.4) is 0 Å². The molecule has 0 bridgehead atoms. The van der Waals surface area contributed by atoms with Crippen LogP contribution in [-0.2, 0) is 0 Å². The molecule has 0 aliphatic rings. The lowest BCUT2D eigenvalue weighted by atomic mass is 10.0. The van der Waals surface area contributed by atoms with E-state index in [1.54, 1.807) is 12.4 Å². The molecule has 0 aliphatic carbocycles. The van der Waals surface area contributed by atoms with Gasteiger partial charge in [0.05, 0.1) is 23.8 Å². The molecule has 90 valence electrons. The van der Waals surface area contributed by atoms with Crippen molar-refractivity contribution in [2.75, 3.05) is 23.8 Å². The van der Waals surface area contributed by atoms with Gasteiger partial charge in [-0.1, -0.05) is 0 Å². The first-order chi connectivity index (χ1) is 7.57. The van der Waals surface area contributed by atoms with Gasteiger partial charge in [0.15, 0.2) is 0 Å². The van der Waals surface area contributed by atoms with Crippen LogP contribution in [0.25, 0.3) is 0 Å². The predicted octanol–water partition coefficient (Wildman–Crippen LogP) is 2.09. The normalized spacial score (nSPS) is 11.2. The topological polar surface area (TPSA) is 57.2 Å². The highest BCUT2D eigenvalue weighted by atomic mass is 16.3. The van der Waals surface area contributed by atoms with Crippen LogP contribution in [0.15, 0.2) is 18.5 Å². The summed E-state index contributed by atoms with van der Waals surface area (Å²) in [6.45, 7) is 7.23. The average molecular weight is 223 g/mol. The first-order valence-electron chi connectivity index (χ1n) is 5.65. The largest absolute Gasteiger partial charge is 0.396 e. The fourth-order valence-corrected chi connectivity index (χ4v) is 1.54. The van der Waals surface area contributed by atoms with Crippen LogP contribution in [0, 0.1) is 0 Å². The monoisotopic (exact) mass is 223 g/mol. The van der Waals surface area contributed by atoms with Gasteiger partial charge in [-0.3, -0.25) is 4.98 Å². The zero-order chi connectivity index (χ0) is 12.0. The van der Waals surface area contributed by atoms with Crippen molar-refractivity contribution in [1.82, 2.24) is 4.98 Å². The van der Waals surface area contributed by atoms with Gasteiger partial charge in [-0.25, -0.2) is 0 Å². The maximum Gasteiger partial charge on any atom is 0.0551 e. The third-order valence-electron chi connectivity index (χ3n) is 2.34. The number of hydrogen-bond donors (Lipinski definition) is 3. The van der Waals surface area contributed by atoms with Crippen molar-refractivity contribution in [2.45, 2.75) is 32.7 Å². The minimum Gasteiger partial charge on any atom is -0.396 e. The van der Waals surface area contributed by atoms with Crippen LogP contribution >= 0.6 is 0 Å². The van der Waals surface area contributed by atoms with Gasteiger partial charge in [0, 0.05) is 18.7 Å². The van der Waals surface area contributed by atoms with Crippen LogP contribution in [0.1, 0.15) is 27.2 Å². The highest BCUT2D eigenvalue weighted by Crippen LogP contribution is 2.19. The van der Waals surface area contributed by atoms with Crippen molar-refractivity contribution in [1.29, 1.82) is 0 Å². The Kier molecular flexibility index (Phi) is 4.55. The molecule has 1 rings (SSSR count). The Morgan fingerprint density at radius 2 is 2.00 bits per heavy atom. The van der Waals surface area contributed by atoms with E-state index in [9.17, 15) is 0 Å². The predicted molar refractivity (Wildman–Crippen MR) is 67.8 cm³/mol. The molecule has 0 saturated heterocycles. The Hall–Kier alpha value is -1.29. The van der Waals surface area contributed by atoms with E-state index in [4.69, 9.17) is 5.11 Å². The Bertz CT molecular complexity index is 326. The quantitative estimate of drug-likeness (QED) is 0.691. The van der Waals surface area contributed by atoms with Crippen LogP contribution in [0.4, 0.5) is 11.4 Å². The number of nitrogens with one attached hydrogen (secondary N) is 2. The van der Waals surface area contributed by atoms with Crippen LogP contribution in [0.2, 0.25) is 0 Å². The maximum absolute atomic E-state index is 8.95. The van der Waals surface area contributed by atoms with E-state index in [0.29, 0.717) is 6.42 Å². The minimum atomic E-state index is -0.124. The van der Waals surface area contributed by atoms with Gasteiger partial charge in [0.25, 0.3) is 0 Å². The van der Waals surface area contributed by atoms with Gasteiger partial charge in [-0.15, -0.1) is 0 Å².